The fourth-order valence-corrected chi connectivity index (χ4v) is 2.82. The van der Waals surface area contributed by atoms with Crippen LogP contribution in [-0.2, 0) is 19.1 Å². The van der Waals surface area contributed by atoms with E-state index in [-0.39, 0.29) is 12.3 Å². The first-order valence-corrected chi connectivity index (χ1v) is 9.40. The molecule has 0 saturated carbocycles. The Kier molecular flexibility index (Phi) is 8.10. The molecule has 8 heteroatoms. The minimum Gasteiger partial charge on any atom is -0.455 e. The number of hydrogen-bond donors (Lipinski definition) is 3. The first-order valence-electron chi connectivity index (χ1n) is 9.40. The van der Waals surface area contributed by atoms with E-state index in [0.29, 0.717) is 5.69 Å². The summed E-state index contributed by atoms with van der Waals surface area (Å²) < 4.78 is 4.95. The third kappa shape index (κ3) is 7.38. The van der Waals surface area contributed by atoms with Gasteiger partial charge in [0.1, 0.15) is 0 Å². The number of ether oxygens (including phenoxy) is 1. The van der Waals surface area contributed by atoms with Crippen molar-refractivity contribution in [2.75, 3.05) is 11.9 Å². The highest BCUT2D eigenvalue weighted by Crippen LogP contribution is 2.17. The number of aryl methyl sites for hydroxylation is 2. The molecule has 0 aliphatic carbocycles. The van der Waals surface area contributed by atoms with Gasteiger partial charge in [-0.05, 0) is 31.0 Å². The van der Waals surface area contributed by atoms with Gasteiger partial charge >= 0.3 is 12.0 Å². The van der Waals surface area contributed by atoms with Crippen LogP contribution in [0.15, 0.2) is 48.5 Å². The highest BCUT2D eigenvalue weighted by Gasteiger charge is 2.19. The van der Waals surface area contributed by atoms with E-state index in [1.807, 2.05) is 32.0 Å². The van der Waals surface area contributed by atoms with Gasteiger partial charge in [-0.3, -0.25) is 19.7 Å². The smallest absolute Gasteiger partial charge is 0.325 e. The van der Waals surface area contributed by atoms with Crippen molar-refractivity contribution in [3.8, 4) is 0 Å². The van der Waals surface area contributed by atoms with Gasteiger partial charge < -0.3 is 15.4 Å². The fraction of sp³-hybridized carbons (Fsp3) is 0.273. The van der Waals surface area contributed by atoms with Gasteiger partial charge in [-0.2, -0.15) is 0 Å². The van der Waals surface area contributed by atoms with Crippen molar-refractivity contribution in [3.63, 3.8) is 0 Å². The summed E-state index contributed by atoms with van der Waals surface area (Å²) in [5.41, 5.74) is 3.22. The van der Waals surface area contributed by atoms with Gasteiger partial charge in [0.25, 0.3) is 5.91 Å². The molecule has 0 bridgehead atoms. The summed E-state index contributed by atoms with van der Waals surface area (Å²) in [4.78, 5) is 47.4. The summed E-state index contributed by atoms with van der Waals surface area (Å²) in [7, 11) is 0. The van der Waals surface area contributed by atoms with E-state index in [1.54, 1.807) is 30.3 Å². The quantitative estimate of drug-likeness (QED) is 0.606. The molecule has 0 radical (unpaired) electrons. The second-order valence-corrected chi connectivity index (χ2v) is 6.85. The highest BCUT2D eigenvalue weighted by molar-refractivity contribution is 6.02. The molecule has 0 spiro atoms. The monoisotopic (exact) mass is 411 g/mol. The van der Waals surface area contributed by atoms with Crippen molar-refractivity contribution < 1.29 is 23.9 Å². The third-order valence-electron chi connectivity index (χ3n) is 4.20. The molecule has 0 saturated heterocycles. The van der Waals surface area contributed by atoms with E-state index in [4.69, 9.17) is 4.74 Å². The van der Waals surface area contributed by atoms with Crippen LogP contribution < -0.4 is 16.0 Å². The Hall–Kier alpha value is -3.68. The van der Waals surface area contributed by atoms with E-state index in [9.17, 15) is 19.2 Å². The van der Waals surface area contributed by atoms with Crippen molar-refractivity contribution in [2.45, 2.75) is 33.2 Å². The summed E-state index contributed by atoms with van der Waals surface area (Å²) in [5.74, 6) is -1.73. The summed E-state index contributed by atoms with van der Waals surface area (Å²) >= 11 is 0. The minimum atomic E-state index is -0.763. The molecule has 1 atom stereocenters. The van der Waals surface area contributed by atoms with Gasteiger partial charge in [0, 0.05) is 12.6 Å². The van der Waals surface area contributed by atoms with Gasteiger partial charge in [-0.1, -0.05) is 48.0 Å². The van der Waals surface area contributed by atoms with Gasteiger partial charge in [-0.25, -0.2) is 4.79 Å². The zero-order valence-corrected chi connectivity index (χ0v) is 17.2. The molecular formula is C22H25N3O5. The molecule has 2 aromatic carbocycles. The normalized spacial score (nSPS) is 11.2. The molecule has 0 aliphatic rings. The summed E-state index contributed by atoms with van der Waals surface area (Å²) in [6.45, 7) is 4.51. The molecule has 0 heterocycles. The molecule has 3 N–H and O–H groups in total. The maximum absolute atomic E-state index is 12.1. The van der Waals surface area contributed by atoms with Crippen LogP contribution in [0.1, 0.15) is 36.1 Å². The van der Waals surface area contributed by atoms with Crippen LogP contribution in [0.3, 0.4) is 0 Å². The van der Waals surface area contributed by atoms with E-state index < -0.39 is 30.6 Å². The average molecular weight is 411 g/mol. The number of benzene rings is 2. The number of urea groups is 1. The van der Waals surface area contributed by atoms with Crippen molar-refractivity contribution in [2.24, 2.45) is 0 Å². The van der Waals surface area contributed by atoms with Crippen LogP contribution in [-0.4, -0.2) is 30.4 Å². The molecule has 0 unspecified atom stereocenters. The maximum Gasteiger partial charge on any atom is 0.325 e. The van der Waals surface area contributed by atoms with Crippen molar-refractivity contribution in [1.29, 1.82) is 0 Å². The number of imide groups is 1. The van der Waals surface area contributed by atoms with Crippen LogP contribution in [0.5, 0.6) is 0 Å². The van der Waals surface area contributed by atoms with Crippen molar-refractivity contribution >= 4 is 29.5 Å². The Bertz CT molecular complexity index is 928. The van der Waals surface area contributed by atoms with E-state index >= 15 is 0 Å². The molecule has 0 aliphatic heterocycles. The van der Waals surface area contributed by atoms with Crippen LogP contribution in [0, 0.1) is 13.8 Å². The second kappa shape index (κ2) is 10.8. The zero-order chi connectivity index (χ0) is 22.1. The lowest BCUT2D eigenvalue weighted by molar-refractivity contribution is -0.148. The number of carbonyl (C=O) groups excluding carboxylic acids is 4. The van der Waals surface area contributed by atoms with Crippen molar-refractivity contribution in [3.05, 3.63) is 65.2 Å². The molecule has 2 aromatic rings. The van der Waals surface area contributed by atoms with Gasteiger partial charge in [-0.15, -0.1) is 0 Å². The summed E-state index contributed by atoms with van der Waals surface area (Å²) in [6.07, 6.45) is -0.147. The molecule has 30 heavy (non-hydrogen) atoms. The number of rotatable bonds is 7. The number of carbonyl (C=O) groups is 4. The predicted molar refractivity (Wildman–Crippen MR) is 112 cm³/mol. The fourth-order valence-electron chi connectivity index (χ4n) is 2.82. The molecule has 8 nitrogen and oxygen atoms in total. The lowest BCUT2D eigenvalue weighted by atomic mass is 10.0. The molecule has 0 fully saturated rings. The van der Waals surface area contributed by atoms with Crippen LogP contribution in [0.25, 0.3) is 0 Å². The lowest BCUT2D eigenvalue weighted by Crippen LogP contribution is -2.37. The number of anilines is 1. The van der Waals surface area contributed by atoms with Gasteiger partial charge in [0.2, 0.25) is 5.91 Å². The van der Waals surface area contributed by atoms with Crippen LogP contribution in [0.4, 0.5) is 10.5 Å². The molecule has 158 valence electrons. The Morgan fingerprint density at radius 1 is 1.00 bits per heavy atom. The average Bonchev–Trinajstić information content (AvgIpc) is 2.68. The molecule has 0 aromatic heterocycles. The van der Waals surface area contributed by atoms with Gasteiger partial charge in [0.05, 0.1) is 12.5 Å². The van der Waals surface area contributed by atoms with E-state index in [2.05, 4.69) is 16.0 Å². The number of hydrogen-bond acceptors (Lipinski definition) is 5. The third-order valence-corrected chi connectivity index (χ3v) is 4.20. The van der Waals surface area contributed by atoms with Crippen LogP contribution in [0.2, 0.25) is 0 Å². The van der Waals surface area contributed by atoms with E-state index in [0.717, 1.165) is 16.7 Å². The number of nitrogens with one attached hydrogen (secondary N) is 3. The lowest BCUT2D eigenvalue weighted by Gasteiger charge is -2.17. The molecule has 4 amide bonds. The topological polar surface area (TPSA) is 114 Å². The Morgan fingerprint density at radius 2 is 1.70 bits per heavy atom. The number of esters is 1. The van der Waals surface area contributed by atoms with E-state index in [1.165, 1.54) is 6.92 Å². The maximum atomic E-state index is 12.1. The highest BCUT2D eigenvalue weighted by atomic mass is 16.5. The Balaban J connectivity index is 1.83. The first-order chi connectivity index (χ1) is 14.2. The number of amides is 4. The first kappa shape index (κ1) is 22.6. The van der Waals surface area contributed by atoms with Crippen LogP contribution >= 0.6 is 0 Å². The van der Waals surface area contributed by atoms with Crippen molar-refractivity contribution in [1.82, 2.24) is 10.6 Å². The second-order valence-electron chi connectivity index (χ2n) is 6.85. The Morgan fingerprint density at radius 3 is 2.33 bits per heavy atom. The summed E-state index contributed by atoms with van der Waals surface area (Å²) in [6, 6.07) is 13.1. The van der Waals surface area contributed by atoms with Gasteiger partial charge in [0.15, 0.2) is 6.61 Å². The predicted octanol–water partition coefficient (Wildman–Crippen LogP) is 2.76. The Labute approximate surface area is 175 Å². The standard InChI is InChI=1S/C22H25N3O5/c1-14-9-10-18(15(2)11-14)24-22(29)25-20(27)13-30-21(28)12-19(23-16(3)26)17-7-5-4-6-8-17/h4-11,19H,12-13H2,1-3H3,(H,23,26)(H2,24,25,27,29)/t19-/m1/s1. The molecule has 2 rings (SSSR count). The minimum absolute atomic E-state index is 0.147. The SMILES string of the molecule is CC(=O)N[C@H](CC(=O)OCC(=O)NC(=O)Nc1ccc(C)cc1C)c1ccccc1. The molecular weight excluding hydrogens is 386 g/mol. The zero-order valence-electron chi connectivity index (χ0n) is 17.2. The summed E-state index contributed by atoms with van der Waals surface area (Å²) in [5, 5.41) is 7.36. The largest absolute Gasteiger partial charge is 0.455 e.